The fourth-order valence-corrected chi connectivity index (χ4v) is 4.71. The molecule has 0 aliphatic carbocycles. The number of sulfonamides is 1. The molecule has 1 aromatic heterocycles. The van der Waals surface area contributed by atoms with Crippen molar-refractivity contribution in [2.75, 3.05) is 34.3 Å². The lowest BCUT2D eigenvalue weighted by Crippen LogP contribution is -2.39. The van der Waals surface area contributed by atoms with E-state index in [2.05, 4.69) is 9.88 Å². The Morgan fingerprint density at radius 1 is 1.38 bits per heavy atom. The number of hydrogen-bond donors (Lipinski definition) is 0. The molecule has 1 aliphatic heterocycles. The third-order valence-electron chi connectivity index (χ3n) is 4.78. The Morgan fingerprint density at radius 3 is 2.88 bits per heavy atom. The summed E-state index contributed by atoms with van der Waals surface area (Å²) in [6, 6.07) is 7.19. The third kappa shape index (κ3) is 3.17. The lowest BCUT2D eigenvalue weighted by Gasteiger charge is -2.25. The van der Waals surface area contributed by atoms with E-state index in [1.807, 2.05) is 13.1 Å². The molecule has 2 atom stereocenters. The van der Waals surface area contributed by atoms with Gasteiger partial charge in [0.2, 0.25) is 10.0 Å². The number of hydrogen-bond acceptors (Lipinski definition) is 5. The Bertz CT molecular complexity index is 819. The predicted molar refractivity (Wildman–Crippen MR) is 93.4 cm³/mol. The second kappa shape index (κ2) is 6.76. The summed E-state index contributed by atoms with van der Waals surface area (Å²) in [5, 5.41) is 1.53. The number of fused-ring (bicyclic) bond motifs is 1. The summed E-state index contributed by atoms with van der Waals surface area (Å²) in [6.07, 6.45) is 4.31. The molecule has 1 aromatic carbocycles. The number of aromatic nitrogens is 1. The number of likely N-dealkylation sites (N-methyl/N-ethyl adjacent to an activating group) is 2. The molecule has 0 radical (unpaired) electrons. The van der Waals surface area contributed by atoms with Crippen LogP contribution in [0.3, 0.4) is 0 Å². The zero-order valence-electron chi connectivity index (χ0n) is 14.2. The largest absolute Gasteiger partial charge is 0.380 e. The fraction of sp³-hybridized carbons (Fsp3) is 0.471. The van der Waals surface area contributed by atoms with E-state index < -0.39 is 10.0 Å². The monoisotopic (exact) mass is 349 g/mol. The van der Waals surface area contributed by atoms with Crippen molar-refractivity contribution in [3.8, 4) is 0 Å². The lowest BCUT2D eigenvalue weighted by atomic mass is 10.2. The Labute approximate surface area is 143 Å². The van der Waals surface area contributed by atoms with Gasteiger partial charge in [-0.1, -0.05) is 12.1 Å². The van der Waals surface area contributed by atoms with Crippen LogP contribution in [0.15, 0.2) is 41.6 Å². The minimum Gasteiger partial charge on any atom is -0.380 e. The predicted octanol–water partition coefficient (Wildman–Crippen LogP) is 1.57. The lowest BCUT2D eigenvalue weighted by molar-refractivity contribution is 0.111. The van der Waals surface area contributed by atoms with Crippen LogP contribution in [0.2, 0.25) is 0 Å². The van der Waals surface area contributed by atoms with Gasteiger partial charge in [0.25, 0.3) is 0 Å². The van der Waals surface area contributed by atoms with E-state index in [0.717, 1.165) is 18.4 Å². The van der Waals surface area contributed by atoms with Crippen molar-refractivity contribution >= 4 is 20.8 Å². The Morgan fingerprint density at radius 2 is 2.17 bits per heavy atom. The van der Waals surface area contributed by atoms with Gasteiger partial charge in [0, 0.05) is 56.5 Å². The van der Waals surface area contributed by atoms with Crippen molar-refractivity contribution in [3.05, 3.63) is 36.7 Å². The summed E-state index contributed by atoms with van der Waals surface area (Å²) in [7, 11) is 1.79. The Kier molecular flexibility index (Phi) is 4.87. The smallest absolute Gasteiger partial charge is 0.243 e. The van der Waals surface area contributed by atoms with Gasteiger partial charge in [-0.3, -0.25) is 9.88 Å². The van der Waals surface area contributed by atoms with Crippen molar-refractivity contribution in [3.63, 3.8) is 0 Å². The first-order valence-corrected chi connectivity index (χ1v) is 9.39. The molecule has 130 valence electrons. The number of nitrogens with zero attached hydrogens (tertiary/aromatic N) is 3. The number of pyridine rings is 1. The van der Waals surface area contributed by atoms with E-state index in [0.29, 0.717) is 16.8 Å². The molecule has 2 aromatic rings. The number of methoxy groups -OCH3 is 1. The molecule has 0 spiro atoms. The molecular formula is C17H23N3O3S. The number of benzene rings is 1. The molecular weight excluding hydrogens is 326 g/mol. The molecule has 0 unspecified atom stereocenters. The summed E-state index contributed by atoms with van der Waals surface area (Å²) >= 11 is 0. The van der Waals surface area contributed by atoms with E-state index in [1.54, 1.807) is 44.8 Å². The normalized spacial score (nSPS) is 22.5. The maximum atomic E-state index is 13.0. The van der Waals surface area contributed by atoms with Crippen molar-refractivity contribution in [2.24, 2.45) is 0 Å². The minimum absolute atomic E-state index is 0.159. The van der Waals surface area contributed by atoms with Crippen molar-refractivity contribution in [1.82, 2.24) is 14.2 Å². The topological polar surface area (TPSA) is 62.7 Å². The van der Waals surface area contributed by atoms with E-state index in [9.17, 15) is 8.42 Å². The van der Waals surface area contributed by atoms with E-state index >= 15 is 0 Å². The molecule has 1 aliphatic rings. The van der Waals surface area contributed by atoms with Gasteiger partial charge in [0.15, 0.2) is 0 Å². The highest BCUT2D eigenvalue weighted by Gasteiger charge is 2.33. The Balaban J connectivity index is 1.87. The molecule has 0 saturated carbocycles. The molecule has 1 saturated heterocycles. The highest BCUT2D eigenvalue weighted by Crippen LogP contribution is 2.26. The minimum atomic E-state index is -3.56. The average molecular weight is 349 g/mol. The van der Waals surface area contributed by atoms with Crippen LogP contribution >= 0.6 is 0 Å². The van der Waals surface area contributed by atoms with Crippen LogP contribution in [0.1, 0.15) is 6.42 Å². The molecule has 7 heteroatoms. The highest BCUT2D eigenvalue weighted by molar-refractivity contribution is 7.89. The van der Waals surface area contributed by atoms with Crippen LogP contribution in [-0.4, -0.2) is 69.0 Å². The number of rotatable bonds is 5. The molecule has 6 nitrogen and oxygen atoms in total. The van der Waals surface area contributed by atoms with E-state index in [1.165, 1.54) is 4.31 Å². The quantitative estimate of drug-likeness (QED) is 0.820. The van der Waals surface area contributed by atoms with Crippen LogP contribution in [0.5, 0.6) is 0 Å². The molecule has 2 heterocycles. The standard InChI is InChI=1S/C17H23N3O3S/c1-19-12-15(23-3)9-14(19)11-20(2)24(21,22)17-6-4-5-13-10-18-8-7-16(13)17/h4-8,10,14-15H,9,11-12H2,1-3H3/t14-,15-/m0/s1. The zero-order valence-corrected chi connectivity index (χ0v) is 15.0. The van der Waals surface area contributed by atoms with Gasteiger partial charge in [0.05, 0.1) is 11.0 Å². The molecule has 0 bridgehead atoms. The van der Waals surface area contributed by atoms with Gasteiger partial charge in [0.1, 0.15) is 0 Å². The first-order valence-electron chi connectivity index (χ1n) is 7.95. The second-order valence-electron chi connectivity index (χ2n) is 6.33. The van der Waals surface area contributed by atoms with Crippen LogP contribution in [0.4, 0.5) is 0 Å². The van der Waals surface area contributed by atoms with Gasteiger partial charge in [-0.25, -0.2) is 8.42 Å². The molecule has 1 fully saturated rings. The maximum Gasteiger partial charge on any atom is 0.243 e. The SMILES string of the molecule is CO[C@H]1C[C@@H](CN(C)S(=O)(=O)c2cccc3cnccc23)N(C)C1. The molecule has 0 amide bonds. The van der Waals surface area contributed by atoms with Crippen molar-refractivity contribution < 1.29 is 13.2 Å². The second-order valence-corrected chi connectivity index (χ2v) is 8.34. The number of likely N-dealkylation sites (tertiary alicyclic amines) is 1. The van der Waals surface area contributed by atoms with Crippen LogP contribution in [0.25, 0.3) is 10.8 Å². The molecule has 3 rings (SSSR count). The summed E-state index contributed by atoms with van der Waals surface area (Å²) in [5.74, 6) is 0. The third-order valence-corrected chi connectivity index (χ3v) is 6.66. The van der Waals surface area contributed by atoms with Gasteiger partial charge in [-0.05, 0) is 25.6 Å². The summed E-state index contributed by atoms with van der Waals surface area (Å²) in [4.78, 5) is 6.55. The van der Waals surface area contributed by atoms with Gasteiger partial charge < -0.3 is 4.74 Å². The maximum absolute atomic E-state index is 13.0. The average Bonchev–Trinajstić information content (AvgIpc) is 2.94. The van der Waals surface area contributed by atoms with Crippen LogP contribution in [0, 0.1) is 0 Å². The van der Waals surface area contributed by atoms with Crippen LogP contribution < -0.4 is 0 Å². The van der Waals surface area contributed by atoms with Gasteiger partial charge >= 0.3 is 0 Å². The first kappa shape index (κ1) is 17.3. The van der Waals surface area contributed by atoms with Crippen molar-refractivity contribution in [1.29, 1.82) is 0 Å². The fourth-order valence-electron chi connectivity index (χ4n) is 3.29. The van der Waals surface area contributed by atoms with Crippen LogP contribution in [-0.2, 0) is 14.8 Å². The van der Waals surface area contributed by atoms with Gasteiger partial charge in [-0.2, -0.15) is 4.31 Å². The highest BCUT2D eigenvalue weighted by atomic mass is 32.2. The molecule has 0 N–H and O–H groups in total. The van der Waals surface area contributed by atoms with Gasteiger partial charge in [-0.15, -0.1) is 0 Å². The van der Waals surface area contributed by atoms with Crippen molar-refractivity contribution in [2.45, 2.75) is 23.5 Å². The summed E-state index contributed by atoms with van der Waals surface area (Å²) in [5.41, 5.74) is 0. The van der Waals surface area contributed by atoms with E-state index in [-0.39, 0.29) is 12.1 Å². The Hall–Kier alpha value is -1.54. The zero-order chi connectivity index (χ0) is 17.3. The summed E-state index contributed by atoms with van der Waals surface area (Å²) < 4.78 is 32.9. The first-order chi connectivity index (χ1) is 11.4. The van der Waals surface area contributed by atoms with E-state index in [4.69, 9.17) is 4.74 Å². The summed E-state index contributed by atoms with van der Waals surface area (Å²) in [6.45, 7) is 1.27. The molecule has 24 heavy (non-hydrogen) atoms. The number of ether oxygens (including phenoxy) is 1.